The van der Waals surface area contributed by atoms with Crippen LogP contribution in [0.15, 0.2) is 58.2 Å². The van der Waals surface area contributed by atoms with Crippen LogP contribution in [-0.2, 0) is 22.6 Å². The van der Waals surface area contributed by atoms with Crippen LogP contribution in [-0.4, -0.2) is 24.5 Å². The van der Waals surface area contributed by atoms with Crippen molar-refractivity contribution in [2.75, 3.05) is 10.8 Å². The molecule has 0 unspecified atom stereocenters. The highest BCUT2D eigenvalue weighted by Gasteiger charge is 2.34. The molecule has 1 aromatic heterocycles. The Labute approximate surface area is 193 Å². The van der Waals surface area contributed by atoms with Crippen LogP contribution in [0.25, 0.3) is 5.69 Å². The zero-order valence-electron chi connectivity index (χ0n) is 17.4. The van der Waals surface area contributed by atoms with Gasteiger partial charge in [0.1, 0.15) is 0 Å². The molecule has 33 heavy (non-hydrogen) atoms. The summed E-state index contributed by atoms with van der Waals surface area (Å²) in [5, 5.41) is -0.00280. The summed E-state index contributed by atoms with van der Waals surface area (Å²) in [6.45, 7) is 1.57. The molecule has 0 spiro atoms. The van der Waals surface area contributed by atoms with Gasteiger partial charge < -0.3 is 0 Å². The molecule has 3 aromatic rings. The molecule has 0 bridgehead atoms. The Morgan fingerprint density at radius 1 is 1.03 bits per heavy atom. The highest BCUT2D eigenvalue weighted by molar-refractivity contribution is 7.92. The minimum atomic E-state index is -4.79. The molecule has 0 radical (unpaired) electrons. The van der Waals surface area contributed by atoms with Crippen molar-refractivity contribution in [1.82, 2.24) is 9.55 Å². The van der Waals surface area contributed by atoms with Crippen LogP contribution >= 0.6 is 11.6 Å². The largest absolute Gasteiger partial charge is 0.433 e. The van der Waals surface area contributed by atoms with E-state index in [1.165, 1.54) is 29.4 Å². The summed E-state index contributed by atoms with van der Waals surface area (Å²) in [7, 11) is -4.04. The molecule has 0 fully saturated rings. The van der Waals surface area contributed by atoms with E-state index in [0.717, 1.165) is 23.0 Å². The van der Waals surface area contributed by atoms with E-state index in [9.17, 15) is 26.4 Å². The summed E-state index contributed by atoms with van der Waals surface area (Å²) >= 11 is 6.23. The number of hydrogen-bond donors (Lipinski definition) is 0. The topological polar surface area (TPSA) is 72.3 Å². The van der Waals surface area contributed by atoms with E-state index in [1.54, 1.807) is 12.1 Å². The van der Waals surface area contributed by atoms with Crippen LogP contribution in [0.3, 0.4) is 0 Å². The fraction of sp³-hybridized carbons (Fsp3) is 0.273. The smallest absolute Gasteiger partial charge is 0.266 e. The average Bonchev–Trinajstić information content (AvgIpc) is 2.96. The maximum atomic E-state index is 13.6. The van der Waals surface area contributed by atoms with Gasteiger partial charge >= 0.3 is 11.9 Å². The molecule has 0 N–H and O–H groups in total. The van der Waals surface area contributed by atoms with Crippen LogP contribution in [0, 0.1) is 6.92 Å². The van der Waals surface area contributed by atoms with Gasteiger partial charge in [-0.1, -0.05) is 29.8 Å². The monoisotopic (exact) mass is 497 g/mol. The third-order valence-corrected chi connectivity index (χ3v) is 7.59. The van der Waals surface area contributed by atoms with Gasteiger partial charge in [0.05, 0.1) is 21.3 Å². The van der Waals surface area contributed by atoms with E-state index < -0.39 is 27.6 Å². The summed E-state index contributed by atoms with van der Waals surface area (Å²) in [6.07, 6.45) is -2.55. The molecule has 0 amide bonds. The molecular formula is C22H19ClF3N3O3S. The Morgan fingerprint density at radius 3 is 2.45 bits per heavy atom. The summed E-state index contributed by atoms with van der Waals surface area (Å²) in [4.78, 5) is 15.4. The normalized spacial score (nSPS) is 14.6. The minimum Gasteiger partial charge on any atom is -0.266 e. The number of anilines is 1. The van der Waals surface area contributed by atoms with E-state index in [1.807, 2.05) is 12.1 Å². The first kappa shape index (κ1) is 23.3. The summed E-state index contributed by atoms with van der Waals surface area (Å²) in [5.74, 6) is 0. The quantitative estimate of drug-likeness (QED) is 0.524. The summed E-state index contributed by atoms with van der Waals surface area (Å²) in [6, 6.07) is 11.7. The molecule has 0 atom stereocenters. The van der Waals surface area contributed by atoms with Crippen LogP contribution in [0.1, 0.15) is 29.8 Å². The molecule has 0 saturated heterocycles. The highest BCUT2D eigenvalue weighted by atomic mass is 35.5. The van der Waals surface area contributed by atoms with Crippen LogP contribution in [0.4, 0.5) is 18.9 Å². The second-order valence-corrected chi connectivity index (χ2v) is 9.94. The lowest BCUT2D eigenvalue weighted by Crippen LogP contribution is -2.32. The van der Waals surface area contributed by atoms with Crippen molar-refractivity contribution < 1.29 is 21.6 Å². The molecule has 1 aliphatic heterocycles. The lowest BCUT2D eigenvalue weighted by Gasteiger charge is -2.25. The summed E-state index contributed by atoms with van der Waals surface area (Å²) in [5.41, 5.74) is -1.20. The van der Waals surface area contributed by atoms with Gasteiger partial charge in [-0.05, 0) is 62.1 Å². The van der Waals surface area contributed by atoms with E-state index >= 15 is 0 Å². The summed E-state index contributed by atoms with van der Waals surface area (Å²) < 4.78 is 68.4. The molecule has 2 aromatic carbocycles. The molecular weight excluding hydrogens is 479 g/mol. The number of aryl methyl sites for hydroxylation is 2. The molecule has 0 aliphatic carbocycles. The molecule has 11 heteroatoms. The number of sulfonamides is 1. The van der Waals surface area contributed by atoms with Crippen molar-refractivity contribution in [3.63, 3.8) is 0 Å². The van der Waals surface area contributed by atoms with Crippen molar-refractivity contribution in [3.8, 4) is 5.69 Å². The SMILES string of the molecule is Cc1cc(C(F)(F)F)nc(=O)n1-c1cc(S(=O)(=O)N2CCCCc3ccccc32)ccc1Cl. The molecule has 0 saturated carbocycles. The maximum absolute atomic E-state index is 13.6. The fourth-order valence-electron chi connectivity index (χ4n) is 3.89. The number of fused-ring (bicyclic) bond motifs is 1. The number of alkyl halides is 3. The number of hydrogen-bond acceptors (Lipinski definition) is 4. The van der Waals surface area contributed by atoms with Crippen molar-refractivity contribution in [3.05, 3.63) is 81.0 Å². The molecule has 174 valence electrons. The van der Waals surface area contributed by atoms with Gasteiger partial charge in [0.15, 0.2) is 5.69 Å². The van der Waals surface area contributed by atoms with E-state index in [-0.39, 0.29) is 27.8 Å². The number of nitrogens with zero attached hydrogens (tertiary/aromatic N) is 3. The van der Waals surface area contributed by atoms with Gasteiger partial charge in [-0.2, -0.15) is 18.2 Å². The van der Waals surface area contributed by atoms with Crippen LogP contribution in [0.2, 0.25) is 5.02 Å². The van der Waals surface area contributed by atoms with Gasteiger partial charge in [0.2, 0.25) is 0 Å². The number of benzene rings is 2. The lowest BCUT2D eigenvalue weighted by atomic mass is 10.1. The fourth-order valence-corrected chi connectivity index (χ4v) is 5.66. The third kappa shape index (κ3) is 4.37. The molecule has 4 rings (SSSR count). The Hall–Kier alpha value is -2.85. The second-order valence-electron chi connectivity index (χ2n) is 7.67. The van der Waals surface area contributed by atoms with Crippen LogP contribution in [0.5, 0.6) is 0 Å². The first-order valence-electron chi connectivity index (χ1n) is 10.1. The predicted molar refractivity (Wildman–Crippen MR) is 118 cm³/mol. The van der Waals surface area contributed by atoms with Crippen molar-refractivity contribution in [1.29, 1.82) is 0 Å². The van der Waals surface area contributed by atoms with Gasteiger partial charge in [0, 0.05) is 12.2 Å². The Balaban J connectivity index is 1.85. The van der Waals surface area contributed by atoms with Gasteiger partial charge in [-0.15, -0.1) is 0 Å². The molecule has 6 nitrogen and oxygen atoms in total. The first-order valence-corrected chi connectivity index (χ1v) is 11.9. The van der Waals surface area contributed by atoms with Crippen molar-refractivity contribution >= 4 is 27.3 Å². The number of aromatic nitrogens is 2. The first-order chi connectivity index (χ1) is 15.5. The van der Waals surface area contributed by atoms with Crippen molar-refractivity contribution in [2.45, 2.75) is 37.3 Å². The highest BCUT2D eigenvalue weighted by Crippen LogP contribution is 2.33. The van der Waals surface area contributed by atoms with Gasteiger partial charge in [-0.25, -0.2) is 13.2 Å². The molecule has 1 aliphatic rings. The van der Waals surface area contributed by atoms with E-state index in [2.05, 4.69) is 4.98 Å². The standard InChI is InChI=1S/C22H19ClF3N3O3S/c1-14-12-20(22(24,25)26)27-21(30)29(14)19-13-16(9-10-17(19)23)33(31,32)28-11-5-4-7-15-6-2-3-8-18(15)28/h2-3,6,8-10,12-13H,4-5,7,11H2,1H3. The Kier molecular flexibility index (Phi) is 6.00. The maximum Gasteiger partial charge on any atom is 0.433 e. The average molecular weight is 498 g/mol. The second kappa shape index (κ2) is 8.49. The van der Waals surface area contributed by atoms with E-state index in [0.29, 0.717) is 18.2 Å². The number of para-hydroxylation sites is 1. The van der Waals surface area contributed by atoms with Gasteiger partial charge in [-0.3, -0.25) is 8.87 Å². The minimum absolute atomic E-state index is 0.00280. The lowest BCUT2D eigenvalue weighted by molar-refractivity contribution is -0.141. The van der Waals surface area contributed by atoms with Crippen molar-refractivity contribution in [2.24, 2.45) is 0 Å². The zero-order valence-corrected chi connectivity index (χ0v) is 19.0. The molecule has 2 heterocycles. The Morgan fingerprint density at radius 2 is 1.76 bits per heavy atom. The van der Waals surface area contributed by atoms with Crippen LogP contribution < -0.4 is 9.99 Å². The zero-order chi connectivity index (χ0) is 24.0. The Bertz CT molecular complexity index is 1390. The number of halogens is 4. The number of rotatable bonds is 3. The third-order valence-electron chi connectivity index (χ3n) is 5.46. The van der Waals surface area contributed by atoms with Gasteiger partial charge in [0.25, 0.3) is 10.0 Å². The van der Waals surface area contributed by atoms with E-state index in [4.69, 9.17) is 11.6 Å². The predicted octanol–water partition coefficient (Wildman–Crippen LogP) is 4.74.